The lowest BCUT2D eigenvalue weighted by Gasteiger charge is -2.03. The van der Waals surface area contributed by atoms with Crippen LogP contribution in [0.4, 0.5) is 0 Å². The predicted octanol–water partition coefficient (Wildman–Crippen LogP) is 6.73. The van der Waals surface area contributed by atoms with Gasteiger partial charge in [-0.25, -0.2) is 0 Å². The molecule has 0 atom stereocenters. The van der Waals surface area contributed by atoms with E-state index in [0.717, 1.165) is 32.1 Å². The van der Waals surface area contributed by atoms with Crippen LogP contribution in [0.15, 0.2) is 12.2 Å². The van der Waals surface area contributed by atoms with Gasteiger partial charge in [-0.05, 0) is 32.1 Å². The van der Waals surface area contributed by atoms with Crippen LogP contribution in [-0.4, -0.2) is 22.2 Å². The molecule has 0 aliphatic rings. The fourth-order valence-corrected chi connectivity index (χ4v) is 3.09. The minimum atomic E-state index is -0.702. The Kier molecular flexibility index (Phi) is 19.0. The lowest BCUT2D eigenvalue weighted by molar-refractivity contribution is -0.138. The van der Waals surface area contributed by atoms with E-state index >= 15 is 0 Å². The molecule has 0 fully saturated rings. The van der Waals surface area contributed by atoms with Crippen LogP contribution < -0.4 is 0 Å². The molecule has 0 aliphatic carbocycles. The Morgan fingerprint density at radius 2 is 0.769 bits per heavy atom. The summed E-state index contributed by atoms with van der Waals surface area (Å²) in [7, 11) is 0. The van der Waals surface area contributed by atoms with Gasteiger partial charge < -0.3 is 10.2 Å². The van der Waals surface area contributed by atoms with E-state index in [4.69, 9.17) is 10.2 Å². The van der Waals surface area contributed by atoms with Crippen LogP contribution in [0.2, 0.25) is 0 Å². The fourth-order valence-electron chi connectivity index (χ4n) is 3.09. The van der Waals surface area contributed by atoms with Crippen LogP contribution in [0.25, 0.3) is 0 Å². The lowest BCUT2D eigenvalue weighted by atomic mass is 10.0. The Morgan fingerprint density at radius 1 is 0.462 bits per heavy atom. The van der Waals surface area contributed by atoms with E-state index in [2.05, 4.69) is 12.2 Å². The second-order valence-electron chi connectivity index (χ2n) is 7.29. The molecule has 0 aromatic carbocycles. The second-order valence-corrected chi connectivity index (χ2v) is 7.29. The summed E-state index contributed by atoms with van der Waals surface area (Å²) in [5.74, 6) is -1.37. The van der Waals surface area contributed by atoms with E-state index < -0.39 is 11.9 Å². The molecule has 0 amide bonds. The molecule has 0 aromatic heterocycles. The highest BCUT2D eigenvalue weighted by Crippen LogP contribution is 2.13. The summed E-state index contributed by atoms with van der Waals surface area (Å²) in [4.78, 5) is 20.7. The molecular weight excluding hydrogens is 328 g/mol. The highest BCUT2D eigenvalue weighted by Gasteiger charge is 1.97. The van der Waals surface area contributed by atoms with Gasteiger partial charge in [0.05, 0.1) is 0 Å². The van der Waals surface area contributed by atoms with Gasteiger partial charge in [0, 0.05) is 12.8 Å². The van der Waals surface area contributed by atoms with Gasteiger partial charge in [0.1, 0.15) is 0 Å². The van der Waals surface area contributed by atoms with Gasteiger partial charge in [-0.15, -0.1) is 0 Å². The smallest absolute Gasteiger partial charge is 0.303 e. The number of carbonyl (C=O) groups is 2. The standard InChI is InChI=1S/C22H40O4/c23-21(24)19-17-15-13-11-9-7-5-3-1-2-4-6-8-10-12-14-16-18-20-22(25)26/h11,13H,1-10,12,14-20H2,(H,23,24)(H,25,26)/b13-11+. The largest absolute Gasteiger partial charge is 0.481 e. The first kappa shape index (κ1) is 24.7. The zero-order chi connectivity index (χ0) is 19.3. The molecule has 0 aromatic rings. The van der Waals surface area contributed by atoms with Crippen molar-refractivity contribution < 1.29 is 19.8 Å². The molecule has 0 rings (SSSR count). The summed E-state index contributed by atoms with van der Waals surface area (Å²) in [6.07, 6.45) is 23.9. The van der Waals surface area contributed by atoms with Crippen LogP contribution in [0.3, 0.4) is 0 Å². The third kappa shape index (κ3) is 22.7. The summed E-state index contributed by atoms with van der Waals surface area (Å²) in [6, 6.07) is 0. The number of aliphatic carboxylic acids is 2. The summed E-state index contributed by atoms with van der Waals surface area (Å²) in [5.41, 5.74) is 0. The molecule has 0 heterocycles. The zero-order valence-corrected chi connectivity index (χ0v) is 16.6. The van der Waals surface area contributed by atoms with Crippen LogP contribution in [0, 0.1) is 0 Å². The SMILES string of the molecule is O=C(O)CCC/C=C/CCCCCCCCCCCCCCCC(=O)O. The molecule has 4 nitrogen and oxygen atoms in total. The van der Waals surface area contributed by atoms with Crippen molar-refractivity contribution in [3.05, 3.63) is 12.2 Å². The molecule has 0 saturated carbocycles. The molecule has 152 valence electrons. The first-order valence-corrected chi connectivity index (χ1v) is 10.7. The molecular formula is C22H40O4. The minimum absolute atomic E-state index is 0.275. The number of hydrogen-bond acceptors (Lipinski definition) is 2. The first-order valence-electron chi connectivity index (χ1n) is 10.7. The minimum Gasteiger partial charge on any atom is -0.481 e. The third-order valence-electron chi connectivity index (χ3n) is 4.69. The number of carboxylic acids is 2. The second kappa shape index (κ2) is 20.0. The molecule has 0 unspecified atom stereocenters. The molecule has 4 heteroatoms. The van der Waals surface area contributed by atoms with Crippen LogP contribution in [0.5, 0.6) is 0 Å². The number of carboxylic acid groups (broad SMARTS) is 2. The van der Waals surface area contributed by atoms with Gasteiger partial charge in [0.25, 0.3) is 0 Å². The highest BCUT2D eigenvalue weighted by molar-refractivity contribution is 5.66. The average Bonchev–Trinajstić information content (AvgIpc) is 2.59. The average molecular weight is 369 g/mol. The maximum atomic E-state index is 10.4. The van der Waals surface area contributed by atoms with Crippen molar-refractivity contribution in [3.8, 4) is 0 Å². The molecule has 0 spiro atoms. The topological polar surface area (TPSA) is 74.6 Å². The lowest BCUT2D eigenvalue weighted by Crippen LogP contribution is -1.93. The van der Waals surface area contributed by atoms with Crippen LogP contribution in [0.1, 0.15) is 116 Å². The molecule has 2 N–H and O–H groups in total. The molecule has 0 radical (unpaired) electrons. The van der Waals surface area contributed by atoms with Crippen LogP contribution in [-0.2, 0) is 9.59 Å². The summed E-state index contributed by atoms with van der Waals surface area (Å²) in [6.45, 7) is 0. The predicted molar refractivity (Wildman–Crippen MR) is 108 cm³/mol. The van der Waals surface area contributed by atoms with Crippen molar-refractivity contribution in [2.24, 2.45) is 0 Å². The molecule has 0 saturated heterocycles. The van der Waals surface area contributed by atoms with E-state index in [-0.39, 0.29) is 6.42 Å². The maximum absolute atomic E-state index is 10.4. The van der Waals surface area contributed by atoms with Crippen molar-refractivity contribution in [2.45, 2.75) is 116 Å². The Bertz CT molecular complexity index is 363. The maximum Gasteiger partial charge on any atom is 0.303 e. The summed E-state index contributed by atoms with van der Waals surface area (Å²) < 4.78 is 0. The fraction of sp³-hybridized carbons (Fsp3) is 0.818. The monoisotopic (exact) mass is 368 g/mol. The van der Waals surface area contributed by atoms with E-state index in [1.807, 2.05) is 0 Å². The van der Waals surface area contributed by atoms with Gasteiger partial charge in [-0.2, -0.15) is 0 Å². The number of allylic oxidation sites excluding steroid dienone is 2. The van der Waals surface area contributed by atoms with Gasteiger partial charge in [0.15, 0.2) is 0 Å². The van der Waals surface area contributed by atoms with Crippen molar-refractivity contribution in [2.75, 3.05) is 0 Å². The van der Waals surface area contributed by atoms with Gasteiger partial charge in [0.2, 0.25) is 0 Å². The summed E-state index contributed by atoms with van der Waals surface area (Å²) in [5, 5.41) is 17.1. The molecule has 0 aliphatic heterocycles. The van der Waals surface area contributed by atoms with Gasteiger partial charge in [-0.3, -0.25) is 9.59 Å². The third-order valence-corrected chi connectivity index (χ3v) is 4.69. The van der Waals surface area contributed by atoms with Crippen molar-refractivity contribution >= 4 is 11.9 Å². The van der Waals surface area contributed by atoms with Gasteiger partial charge in [-0.1, -0.05) is 82.8 Å². The summed E-state index contributed by atoms with van der Waals surface area (Å²) >= 11 is 0. The van der Waals surface area contributed by atoms with Crippen molar-refractivity contribution in [1.82, 2.24) is 0 Å². The van der Waals surface area contributed by atoms with E-state index in [0.29, 0.717) is 6.42 Å². The highest BCUT2D eigenvalue weighted by atomic mass is 16.4. The van der Waals surface area contributed by atoms with E-state index in [9.17, 15) is 9.59 Å². The van der Waals surface area contributed by atoms with Crippen molar-refractivity contribution in [3.63, 3.8) is 0 Å². The number of unbranched alkanes of at least 4 members (excludes halogenated alkanes) is 14. The Hall–Kier alpha value is -1.32. The Balaban J connectivity index is 3.08. The zero-order valence-electron chi connectivity index (χ0n) is 16.6. The Labute approximate surface area is 160 Å². The van der Waals surface area contributed by atoms with Crippen LogP contribution >= 0.6 is 0 Å². The normalized spacial score (nSPS) is 11.2. The Morgan fingerprint density at radius 3 is 1.19 bits per heavy atom. The molecule has 26 heavy (non-hydrogen) atoms. The quantitative estimate of drug-likeness (QED) is 0.184. The number of hydrogen-bond donors (Lipinski definition) is 2. The van der Waals surface area contributed by atoms with E-state index in [1.165, 1.54) is 70.6 Å². The van der Waals surface area contributed by atoms with Crippen molar-refractivity contribution in [1.29, 1.82) is 0 Å². The number of rotatable bonds is 20. The first-order chi connectivity index (χ1) is 12.6. The van der Waals surface area contributed by atoms with Gasteiger partial charge >= 0.3 is 11.9 Å². The van der Waals surface area contributed by atoms with E-state index in [1.54, 1.807) is 0 Å². The molecule has 0 bridgehead atoms.